The topological polar surface area (TPSA) is 49.3 Å². The zero-order valence-electron chi connectivity index (χ0n) is 11.3. The summed E-state index contributed by atoms with van der Waals surface area (Å²) in [6, 6.07) is 7.70. The van der Waals surface area contributed by atoms with Crippen molar-refractivity contribution in [1.29, 1.82) is 0 Å². The highest BCUT2D eigenvalue weighted by Crippen LogP contribution is 2.30. The normalized spacial score (nSPS) is 16.7. The number of benzene rings is 1. The van der Waals surface area contributed by atoms with Crippen molar-refractivity contribution < 1.29 is 9.90 Å². The highest BCUT2D eigenvalue weighted by molar-refractivity contribution is 7.98. The highest BCUT2D eigenvalue weighted by atomic mass is 32.2. The van der Waals surface area contributed by atoms with Gasteiger partial charge < -0.3 is 10.4 Å². The van der Waals surface area contributed by atoms with E-state index in [1.165, 1.54) is 5.56 Å². The summed E-state index contributed by atoms with van der Waals surface area (Å²) in [6.07, 6.45) is 2.64. The van der Waals surface area contributed by atoms with E-state index in [0.717, 1.165) is 30.8 Å². The van der Waals surface area contributed by atoms with Gasteiger partial charge in [-0.3, -0.25) is 4.79 Å². The molecule has 2 rings (SSSR count). The van der Waals surface area contributed by atoms with Gasteiger partial charge in [-0.25, -0.2) is 0 Å². The number of amides is 1. The lowest BCUT2D eigenvalue weighted by atomic mass is 9.80. The van der Waals surface area contributed by atoms with Crippen molar-refractivity contribution in [2.24, 2.45) is 0 Å². The Bertz CT molecular complexity index is 426. The maximum atomic E-state index is 11.9. The van der Waals surface area contributed by atoms with Gasteiger partial charge >= 0.3 is 0 Å². The van der Waals surface area contributed by atoms with Crippen LogP contribution < -0.4 is 5.32 Å². The van der Waals surface area contributed by atoms with Crippen LogP contribution in [0.3, 0.4) is 0 Å². The Morgan fingerprint density at radius 3 is 2.58 bits per heavy atom. The second kappa shape index (κ2) is 6.44. The van der Waals surface area contributed by atoms with Crippen LogP contribution in [0.25, 0.3) is 0 Å². The third-order valence-electron chi connectivity index (χ3n) is 3.55. The number of aliphatic hydroxyl groups is 1. The van der Waals surface area contributed by atoms with Crippen LogP contribution in [0, 0.1) is 0 Å². The number of carbonyl (C=O) groups is 1. The summed E-state index contributed by atoms with van der Waals surface area (Å²) in [5.74, 6) is 1.98. The number of hydrogen-bond acceptors (Lipinski definition) is 3. The molecule has 0 radical (unpaired) electrons. The second-order valence-electron chi connectivity index (χ2n) is 5.09. The van der Waals surface area contributed by atoms with Crippen molar-refractivity contribution in [3.05, 3.63) is 35.4 Å². The van der Waals surface area contributed by atoms with Gasteiger partial charge in [-0.15, -0.1) is 0 Å². The van der Waals surface area contributed by atoms with Gasteiger partial charge in [-0.2, -0.15) is 11.8 Å². The van der Waals surface area contributed by atoms with Crippen molar-refractivity contribution in [2.75, 3.05) is 12.3 Å². The molecule has 4 heteroatoms. The SMILES string of the molecule is CCSCc1ccc(C(=O)NCC2(O)CCC2)cc1. The van der Waals surface area contributed by atoms with E-state index in [0.29, 0.717) is 12.1 Å². The van der Waals surface area contributed by atoms with Gasteiger partial charge in [0.15, 0.2) is 0 Å². The molecule has 2 N–H and O–H groups in total. The van der Waals surface area contributed by atoms with Crippen LogP contribution in [0.4, 0.5) is 0 Å². The molecule has 1 fully saturated rings. The molecular formula is C15H21NO2S. The Balaban J connectivity index is 1.84. The van der Waals surface area contributed by atoms with Crippen molar-refractivity contribution >= 4 is 17.7 Å². The molecule has 1 aliphatic carbocycles. The van der Waals surface area contributed by atoms with Crippen LogP contribution in [0.15, 0.2) is 24.3 Å². The van der Waals surface area contributed by atoms with E-state index >= 15 is 0 Å². The van der Waals surface area contributed by atoms with Crippen molar-refractivity contribution in [1.82, 2.24) is 5.32 Å². The first-order valence-electron chi connectivity index (χ1n) is 6.80. The molecule has 3 nitrogen and oxygen atoms in total. The molecule has 0 spiro atoms. The third kappa shape index (κ3) is 3.98. The molecular weight excluding hydrogens is 258 g/mol. The Kier molecular flexibility index (Phi) is 4.88. The summed E-state index contributed by atoms with van der Waals surface area (Å²) in [5.41, 5.74) is 1.24. The lowest BCUT2D eigenvalue weighted by Gasteiger charge is -2.36. The van der Waals surface area contributed by atoms with E-state index in [9.17, 15) is 9.90 Å². The summed E-state index contributed by atoms with van der Waals surface area (Å²) in [4.78, 5) is 11.9. The van der Waals surface area contributed by atoms with Gasteiger partial charge in [0.25, 0.3) is 5.91 Å². The summed E-state index contributed by atoms with van der Waals surface area (Å²) in [5, 5.41) is 12.7. The van der Waals surface area contributed by atoms with Crippen LogP contribution in [0.1, 0.15) is 42.1 Å². The molecule has 19 heavy (non-hydrogen) atoms. The molecule has 104 valence electrons. The van der Waals surface area contributed by atoms with E-state index in [1.54, 1.807) is 0 Å². The molecule has 1 saturated carbocycles. The van der Waals surface area contributed by atoms with Gasteiger partial charge in [0.2, 0.25) is 0 Å². The average molecular weight is 279 g/mol. The van der Waals surface area contributed by atoms with Gasteiger partial charge in [0, 0.05) is 17.9 Å². The first-order valence-corrected chi connectivity index (χ1v) is 7.96. The molecule has 0 bridgehead atoms. The standard InChI is InChI=1S/C15H21NO2S/c1-2-19-10-12-4-6-13(7-5-12)14(17)16-11-15(18)8-3-9-15/h4-7,18H,2-3,8-11H2,1H3,(H,16,17). The van der Waals surface area contributed by atoms with E-state index in [-0.39, 0.29) is 5.91 Å². The smallest absolute Gasteiger partial charge is 0.251 e. The first kappa shape index (κ1) is 14.4. The van der Waals surface area contributed by atoms with Crippen molar-refractivity contribution in [3.8, 4) is 0 Å². The molecule has 1 aromatic rings. The number of hydrogen-bond donors (Lipinski definition) is 2. The molecule has 0 atom stereocenters. The quantitative estimate of drug-likeness (QED) is 0.841. The Labute approximate surface area is 118 Å². The van der Waals surface area contributed by atoms with Crippen LogP contribution >= 0.6 is 11.8 Å². The molecule has 1 aliphatic rings. The zero-order chi connectivity index (χ0) is 13.7. The average Bonchev–Trinajstić information content (AvgIpc) is 2.41. The van der Waals surface area contributed by atoms with E-state index in [2.05, 4.69) is 12.2 Å². The van der Waals surface area contributed by atoms with Crippen molar-refractivity contribution in [3.63, 3.8) is 0 Å². The summed E-state index contributed by atoms with van der Waals surface area (Å²) in [6.45, 7) is 2.50. The molecule has 0 unspecified atom stereocenters. The van der Waals surface area contributed by atoms with Crippen LogP contribution in [0.2, 0.25) is 0 Å². The van der Waals surface area contributed by atoms with Crippen molar-refractivity contribution in [2.45, 2.75) is 37.5 Å². The minimum absolute atomic E-state index is 0.102. The predicted octanol–water partition coefficient (Wildman–Crippen LogP) is 2.58. The van der Waals surface area contributed by atoms with Gasteiger partial charge in [-0.1, -0.05) is 19.1 Å². The number of rotatable bonds is 6. The Hall–Kier alpha value is -1.00. The maximum absolute atomic E-state index is 11.9. The molecule has 1 aromatic carbocycles. The summed E-state index contributed by atoms with van der Waals surface area (Å²) < 4.78 is 0. The van der Waals surface area contributed by atoms with Crippen LogP contribution in [-0.2, 0) is 5.75 Å². The lowest BCUT2D eigenvalue weighted by molar-refractivity contribution is -0.0300. The zero-order valence-corrected chi connectivity index (χ0v) is 12.1. The fraction of sp³-hybridized carbons (Fsp3) is 0.533. The fourth-order valence-electron chi connectivity index (χ4n) is 2.08. The minimum Gasteiger partial charge on any atom is -0.388 e. The third-order valence-corrected chi connectivity index (χ3v) is 4.50. The van der Waals surface area contributed by atoms with E-state index in [4.69, 9.17) is 0 Å². The minimum atomic E-state index is -0.659. The van der Waals surface area contributed by atoms with E-state index < -0.39 is 5.60 Å². The van der Waals surface area contributed by atoms with Crippen LogP contribution in [-0.4, -0.2) is 28.9 Å². The molecule has 1 amide bonds. The largest absolute Gasteiger partial charge is 0.388 e. The maximum Gasteiger partial charge on any atom is 0.251 e. The van der Waals surface area contributed by atoms with Gasteiger partial charge in [0.1, 0.15) is 0 Å². The fourth-order valence-corrected chi connectivity index (χ4v) is 2.71. The monoisotopic (exact) mass is 279 g/mol. The molecule has 0 heterocycles. The molecule has 0 aliphatic heterocycles. The molecule has 0 saturated heterocycles. The van der Waals surface area contributed by atoms with E-state index in [1.807, 2.05) is 36.0 Å². The Morgan fingerprint density at radius 2 is 2.05 bits per heavy atom. The van der Waals surface area contributed by atoms with Crippen LogP contribution in [0.5, 0.6) is 0 Å². The van der Waals surface area contributed by atoms with Gasteiger partial charge in [-0.05, 0) is 42.7 Å². The number of carbonyl (C=O) groups excluding carboxylic acids is 1. The lowest BCUT2D eigenvalue weighted by Crippen LogP contribution is -2.47. The van der Waals surface area contributed by atoms with Gasteiger partial charge in [0.05, 0.1) is 5.60 Å². The number of nitrogens with one attached hydrogen (secondary N) is 1. The number of thioether (sulfide) groups is 1. The second-order valence-corrected chi connectivity index (χ2v) is 6.37. The highest BCUT2D eigenvalue weighted by Gasteiger charge is 2.34. The predicted molar refractivity (Wildman–Crippen MR) is 79.4 cm³/mol. The Morgan fingerprint density at radius 1 is 1.37 bits per heavy atom. The first-order chi connectivity index (χ1) is 9.13. The summed E-state index contributed by atoms with van der Waals surface area (Å²) in [7, 11) is 0. The molecule has 0 aromatic heterocycles. The summed E-state index contributed by atoms with van der Waals surface area (Å²) >= 11 is 1.87.